The van der Waals surface area contributed by atoms with Crippen LogP contribution in [0.2, 0.25) is 0 Å². The number of phenols is 1. The first-order valence-corrected chi connectivity index (χ1v) is 7.11. The number of hydrogen-bond donors (Lipinski definition) is 3. The van der Waals surface area contributed by atoms with Crippen LogP contribution < -0.4 is 16.2 Å². The van der Waals surface area contributed by atoms with Gasteiger partial charge in [-0.05, 0) is 19.1 Å². The highest BCUT2D eigenvalue weighted by Crippen LogP contribution is 2.41. The third-order valence-electron chi connectivity index (χ3n) is 3.07. The molecular weight excluding hydrogens is 304 g/mol. The highest BCUT2D eigenvalue weighted by molar-refractivity contribution is 7.21. The summed E-state index contributed by atoms with van der Waals surface area (Å²) >= 11 is 1.10. The Morgan fingerprint density at radius 1 is 1.32 bits per heavy atom. The van der Waals surface area contributed by atoms with E-state index in [0.717, 1.165) is 11.3 Å². The molecule has 5 N–H and O–H groups in total. The first-order valence-electron chi connectivity index (χ1n) is 6.29. The maximum absolute atomic E-state index is 10.9. The molecule has 0 unspecified atom stereocenters. The van der Waals surface area contributed by atoms with Crippen molar-refractivity contribution < 1.29 is 14.6 Å². The number of benzene rings is 1. The monoisotopic (exact) mass is 316 g/mol. The van der Waals surface area contributed by atoms with Crippen molar-refractivity contribution in [1.29, 1.82) is 0 Å². The van der Waals surface area contributed by atoms with Crippen molar-refractivity contribution in [2.45, 2.75) is 6.92 Å². The number of aromatic nitrogens is 2. The second-order valence-corrected chi connectivity index (χ2v) is 5.52. The number of aryl methyl sites for hydroxylation is 1. The minimum atomic E-state index is -0.940. The number of ether oxygens (including phenoxy) is 1. The van der Waals surface area contributed by atoms with Crippen LogP contribution in [0.25, 0.3) is 21.6 Å². The normalized spacial score (nSPS) is 10.8. The zero-order valence-electron chi connectivity index (χ0n) is 11.5. The lowest BCUT2D eigenvalue weighted by Gasteiger charge is -2.05. The van der Waals surface area contributed by atoms with Crippen LogP contribution in [-0.2, 0) is 0 Å². The van der Waals surface area contributed by atoms with E-state index in [9.17, 15) is 9.90 Å². The van der Waals surface area contributed by atoms with Gasteiger partial charge in [-0.2, -0.15) is 0 Å². The van der Waals surface area contributed by atoms with Crippen molar-refractivity contribution in [3.05, 3.63) is 30.0 Å². The van der Waals surface area contributed by atoms with Crippen LogP contribution in [0.15, 0.2) is 24.3 Å². The number of fused-ring (bicyclic) bond motifs is 1. The van der Waals surface area contributed by atoms with Gasteiger partial charge in [0.25, 0.3) is 0 Å². The second-order valence-electron chi connectivity index (χ2n) is 4.55. The summed E-state index contributed by atoms with van der Waals surface area (Å²) in [5.41, 5.74) is 12.4. The Kier molecular flexibility index (Phi) is 3.30. The Hall–Kier alpha value is -2.87. The van der Waals surface area contributed by atoms with Crippen molar-refractivity contribution in [1.82, 2.24) is 9.97 Å². The molecular formula is C14H12N4O3S. The van der Waals surface area contributed by atoms with E-state index in [4.69, 9.17) is 16.2 Å². The number of anilines is 1. The van der Waals surface area contributed by atoms with Crippen LogP contribution in [0.3, 0.4) is 0 Å². The first kappa shape index (κ1) is 14.1. The van der Waals surface area contributed by atoms with Gasteiger partial charge in [0.2, 0.25) is 5.06 Å². The SMILES string of the molecule is Cc1nc(-c2ccccc2O)nc2sc(OC(N)=O)c(N)c12. The Morgan fingerprint density at radius 2 is 2.05 bits per heavy atom. The lowest BCUT2D eigenvalue weighted by molar-refractivity contribution is 0.212. The molecule has 0 saturated heterocycles. The van der Waals surface area contributed by atoms with Crippen LogP contribution >= 0.6 is 11.3 Å². The van der Waals surface area contributed by atoms with E-state index < -0.39 is 6.09 Å². The Bertz CT molecular complexity index is 891. The van der Waals surface area contributed by atoms with Crippen molar-refractivity contribution in [2.24, 2.45) is 5.73 Å². The molecule has 7 nitrogen and oxygen atoms in total. The molecule has 8 heteroatoms. The smallest absolute Gasteiger partial charge is 0.410 e. The fourth-order valence-electron chi connectivity index (χ4n) is 2.13. The molecule has 0 bridgehead atoms. The number of para-hydroxylation sites is 1. The highest BCUT2D eigenvalue weighted by Gasteiger charge is 2.18. The number of thiophene rings is 1. The largest absolute Gasteiger partial charge is 0.507 e. The summed E-state index contributed by atoms with van der Waals surface area (Å²) in [5, 5.41) is 10.7. The molecule has 2 aromatic heterocycles. The lowest BCUT2D eigenvalue weighted by Crippen LogP contribution is -2.16. The van der Waals surface area contributed by atoms with E-state index in [2.05, 4.69) is 9.97 Å². The predicted molar refractivity (Wildman–Crippen MR) is 83.9 cm³/mol. The Labute approximate surface area is 129 Å². The number of aromatic hydroxyl groups is 1. The van der Waals surface area contributed by atoms with Gasteiger partial charge in [0.1, 0.15) is 10.6 Å². The minimum Gasteiger partial charge on any atom is -0.507 e. The third-order valence-corrected chi connectivity index (χ3v) is 4.05. The summed E-state index contributed by atoms with van der Waals surface area (Å²) in [4.78, 5) is 20.2. The minimum absolute atomic E-state index is 0.0828. The van der Waals surface area contributed by atoms with Crippen molar-refractivity contribution in [3.63, 3.8) is 0 Å². The summed E-state index contributed by atoms with van der Waals surface area (Å²) in [6.45, 7) is 1.77. The molecule has 0 atom stereocenters. The van der Waals surface area contributed by atoms with E-state index >= 15 is 0 Å². The van der Waals surface area contributed by atoms with E-state index in [-0.39, 0.29) is 16.5 Å². The molecule has 0 radical (unpaired) electrons. The molecule has 1 amide bonds. The average molecular weight is 316 g/mol. The van der Waals surface area contributed by atoms with Crippen LogP contribution in [0, 0.1) is 6.92 Å². The average Bonchev–Trinajstić information content (AvgIpc) is 2.75. The van der Waals surface area contributed by atoms with Crippen molar-refractivity contribution in [2.75, 3.05) is 5.73 Å². The lowest BCUT2D eigenvalue weighted by atomic mass is 10.1. The predicted octanol–water partition coefficient (Wildman–Crippen LogP) is 2.41. The van der Waals surface area contributed by atoms with E-state index in [1.807, 2.05) is 0 Å². The van der Waals surface area contributed by atoms with Crippen LogP contribution in [-0.4, -0.2) is 21.2 Å². The third kappa shape index (κ3) is 2.29. The van der Waals surface area contributed by atoms with E-state index in [0.29, 0.717) is 27.3 Å². The maximum Gasteiger partial charge on any atom is 0.410 e. The number of carbonyl (C=O) groups excluding carboxylic acids is 1. The van der Waals surface area contributed by atoms with Crippen LogP contribution in [0.5, 0.6) is 10.8 Å². The van der Waals surface area contributed by atoms with E-state index in [1.165, 1.54) is 0 Å². The van der Waals surface area contributed by atoms with Gasteiger partial charge < -0.3 is 21.3 Å². The zero-order valence-corrected chi connectivity index (χ0v) is 12.3. The maximum atomic E-state index is 10.9. The first-order chi connectivity index (χ1) is 10.5. The molecule has 0 aliphatic heterocycles. The molecule has 0 aliphatic carbocycles. The van der Waals surface area contributed by atoms with Gasteiger partial charge in [0.05, 0.1) is 22.3 Å². The number of nitrogen functional groups attached to an aromatic ring is 1. The molecule has 112 valence electrons. The molecule has 1 aromatic carbocycles. The molecule has 0 aliphatic rings. The quantitative estimate of drug-likeness (QED) is 0.667. The molecule has 0 saturated carbocycles. The topological polar surface area (TPSA) is 124 Å². The van der Waals surface area contributed by atoms with Gasteiger partial charge in [-0.15, -0.1) is 0 Å². The summed E-state index contributed by atoms with van der Waals surface area (Å²) in [6.07, 6.45) is -0.940. The van der Waals surface area contributed by atoms with Crippen LogP contribution in [0.4, 0.5) is 10.5 Å². The number of primary amides is 1. The Balaban J connectivity index is 2.21. The second kappa shape index (κ2) is 5.15. The van der Waals surface area contributed by atoms with Gasteiger partial charge in [-0.25, -0.2) is 14.8 Å². The number of nitrogens with two attached hydrogens (primary N) is 2. The van der Waals surface area contributed by atoms with Crippen molar-refractivity contribution in [3.8, 4) is 22.2 Å². The molecule has 2 heterocycles. The van der Waals surface area contributed by atoms with Gasteiger partial charge in [0, 0.05) is 0 Å². The molecule has 0 spiro atoms. The summed E-state index contributed by atoms with van der Waals surface area (Å²) in [7, 11) is 0. The van der Waals surface area contributed by atoms with Gasteiger partial charge in [-0.1, -0.05) is 23.5 Å². The fourth-order valence-corrected chi connectivity index (χ4v) is 3.13. The Morgan fingerprint density at radius 3 is 2.73 bits per heavy atom. The molecule has 3 rings (SSSR count). The van der Waals surface area contributed by atoms with Gasteiger partial charge in [-0.3, -0.25) is 0 Å². The number of nitrogens with zero attached hydrogens (tertiary/aromatic N) is 2. The summed E-state index contributed by atoms with van der Waals surface area (Å²) in [6, 6.07) is 6.77. The fraction of sp³-hybridized carbons (Fsp3) is 0.0714. The summed E-state index contributed by atoms with van der Waals surface area (Å²) < 4.78 is 4.87. The number of phenolic OH excluding ortho intramolecular Hbond substituents is 1. The number of amides is 1. The molecule has 22 heavy (non-hydrogen) atoms. The van der Waals surface area contributed by atoms with Gasteiger partial charge >= 0.3 is 6.09 Å². The highest BCUT2D eigenvalue weighted by atomic mass is 32.1. The zero-order chi connectivity index (χ0) is 15.9. The van der Waals surface area contributed by atoms with Gasteiger partial charge in [0.15, 0.2) is 5.82 Å². The number of carbonyl (C=O) groups is 1. The number of hydrogen-bond acceptors (Lipinski definition) is 7. The number of rotatable bonds is 2. The van der Waals surface area contributed by atoms with E-state index in [1.54, 1.807) is 31.2 Å². The molecule has 3 aromatic rings. The standard InChI is InChI=1S/C14H12N4O3S/c1-6-9-10(15)13(21-14(16)20)22-12(9)18-11(17-6)7-4-2-3-5-8(7)19/h2-5,19H,15H2,1H3,(H2,16,20). The molecule has 0 fully saturated rings. The van der Waals surface area contributed by atoms with Crippen LogP contribution in [0.1, 0.15) is 5.69 Å². The van der Waals surface area contributed by atoms with Crippen molar-refractivity contribution >= 4 is 33.3 Å². The summed E-state index contributed by atoms with van der Waals surface area (Å²) in [5.74, 6) is 0.453.